The van der Waals surface area contributed by atoms with Crippen molar-refractivity contribution in [3.05, 3.63) is 101 Å². The van der Waals surface area contributed by atoms with Gasteiger partial charge in [0.1, 0.15) is 0 Å². The van der Waals surface area contributed by atoms with E-state index in [9.17, 15) is 4.79 Å². The topological polar surface area (TPSA) is 46.1 Å². The van der Waals surface area contributed by atoms with Gasteiger partial charge in [-0.05, 0) is 65.2 Å². The zero-order valence-corrected chi connectivity index (χ0v) is 18.3. The molecule has 2 heterocycles. The smallest absolute Gasteiger partial charge is 0.260 e. The first-order chi connectivity index (χ1) is 15.1. The highest BCUT2D eigenvalue weighted by Gasteiger charge is 2.22. The van der Waals surface area contributed by atoms with E-state index in [2.05, 4.69) is 4.98 Å². The minimum atomic E-state index is -0.0922. The van der Waals surface area contributed by atoms with Crippen LogP contribution in [0.5, 0.6) is 0 Å². The zero-order valence-electron chi connectivity index (χ0n) is 16.7. The summed E-state index contributed by atoms with van der Waals surface area (Å²) in [7, 11) is 0. The first-order valence-electron chi connectivity index (χ1n) is 9.85. The molecule has 0 spiro atoms. The molecule has 152 valence electrons. The summed E-state index contributed by atoms with van der Waals surface area (Å²) in [6.07, 6.45) is 3.46. The Kier molecular flexibility index (Phi) is 5.14. The lowest BCUT2D eigenvalue weighted by Crippen LogP contribution is -2.30. The Bertz CT molecular complexity index is 1410. The van der Waals surface area contributed by atoms with E-state index in [0.29, 0.717) is 22.3 Å². The molecule has 4 nitrogen and oxygen atoms in total. The fourth-order valence-electron chi connectivity index (χ4n) is 3.63. The predicted molar refractivity (Wildman–Crippen MR) is 128 cm³/mol. The molecule has 5 aromatic rings. The molecule has 0 fully saturated rings. The molecule has 0 atom stereocenters. The number of nitrogens with zero attached hydrogens (tertiary/aromatic N) is 3. The second-order valence-corrected chi connectivity index (χ2v) is 8.82. The first-order valence-corrected chi connectivity index (χ1v) is 11.0. The number of thiazole rings is 1. The van der Waals surface area contributed by atoms with E-state index in [1.807, 2.05) is 73.7 Å². The van der Waals surface area contributed by atoms with Crippen LogP contribution >= 0.6 is 22.9 Å². The van der Waals surface area contributed by atoms with Gasteiger partial charge in [0.15, 0.2) is 5.13 Å². The van der Waals surface area contributed by atoms with E-state index in [1.165, 1.54) is 11.3 Å². The van der Waals surface area contributed by atoms with E-state index in [0.717, 1.165) is 32.1 Å². The first kappa shape index (κ1) is 19.7. The van der Waals surface area contributed by atoms with Crippen LogP contribution in [0.25, 0.3) is 21.0 Å². The van der Waals surface area contributed by atoms with Crippen molar-refractivity contribution in [2.24, 2.45) is 0 Å². The number of hydrogen-bond acceptors (Lipinski definition) is 4. The molecule has 0 bridgehead atoms. The third-order valence-corrected chi connectivity index (χ3v) is 6.45. The maximum Gasteiger partial charge on any atom is 0.260 e. The number of fused-ring (bicyclic) bond motifs is 2. The molecule has 0 radical (unpaired) electrons. The molecule has 0 aliphatic rings. The lowest BCUT2D eigenvalue weighted by Gasteiger charge is -2.20. The number of benzene rings is 3. The molecule has 0 unspecified atom stereocenters. The molecule has 31 heavy (non-hydrogen) atoms. The SMILES string of the molecule is Cc1cc(Cl)cc2sc(N(Cc3ccncc3)C(=O)c3ccc4ccccc4c3)nc12. The summed E-state index contributed by atoms with van der Waals surface area (Å²) in [5.41, 5.74) is 3.47. The zero-order chi connectivity index (χ0) is 21.4. The predicted octanol–water partition coefficient (Wildman–Crippen LogP) is 6.65. The molecule has 0 saturated carbocycles. The van der Waals surface area contributed by atoms with Crippen molar-refractivity contribution in [2.75, 3.05) is 4.90 Å². The molecule has 0 N–H and O–H groups in total. The summed E-state index contributed by atoms with van der Waals surface area (Å²) in [4.78, 5) is 24.3. The van der Waals surface area contributed by atoms with Gasteiger partial charge in [-0.3, -0.25) is 14.7 Å². The van der Waals surface area contributed by atoms with Gasteiger partial charge in [-0.15, -0.1) is 0 Å². The molecule has 5 rings (SSSR count). The van der Waals surface area contributed by atoms with Gasteiger partial charge in [0.25, 0.3) is 5.91 Å². The van der Waals surface area contributed by atoms with Crippen molar-refractivity contribution in [1.29, 1.82) is 0 Å². The van der Waals surface area contributed by atoms with E-state index in [-0.39, 0.29) is 5.91 Å². The number of hydrogen-bond donors (Lipinski definition) is 0. The number of anilines is 1. The minimum absolute atomic E-state index is 0.0922. The van der Waals surface area contributed by atoms with Gasteiger partial charge in [0.2, 0.25) is 0 Å². The number of carbonyl (C=O) groups excluding carboxylic acids is 1. The molecular formula is C25H18ClN3OS. The highest BCUT2D eigenvalue weighted by atomic mass is 35.5. The van der Waals surface area contributed by atoms with Crippen LogP contribution in [0.3, 0.4) is 0 Å². The fourth-order valence-corrected chi connectivity index (χ4v) is 5.05. The summed E-state index contributed by atoms with van der Waals surface area (Å²) in [5, 5.41) is 3.45. The number of amides is 1. The highest BCUT2D eigenvalue weighted by molar-refractivity contribution is 7.22. The summed E-state index contributed by atoms with van der Waals surface area (Å²) in [6.45, 7) is 2.39. The number of aromatic nitrogens is 2. The Morgan fingerprint density at radius 3 is 2.58 bits per heavy atom. The van der Waals surface area contributed by atoms with Crippen LogP contribution in [-0.4, -0.2) is 15.9 Å². The maximum atomic E-state index is 13.7. The van der Waals surface area contributed by atoms with Crippen LogP contribution in [0.15, 0.2) is 79.1 Å². The quantitative estimate of drug-likeness (QED) is 0.312. The van der Waals surface area contributed by atoms with Crippen molar-refractivity contribution >= 4 is 55.0 Å². The van der Waals surface area contributed by atoms with Gasteiger partial charge in [0, 0.05) is 23.0 Å². The molecule has 0 aliphatic carbocycles. The second-order valence-electron chi connectivity index (χ2n) is 7.37. The normalized spacial score (nSPS) is 11.2. The van der Waals surface area contributed by atoms with E-state index >= 15 is 0 Å². The molecular weight excluding hydrogens is 426 g/mol. The number of carbonyl (C=O) groups is 1. The van der Waals surface area contributed by atoms with Crippen LogP contribution in [-0.2, 0) is 6.54 Å². The molecule has 0 aliphatic heterocycles. The molecule has 1 amide bonds. The second kappa shape index (κ2) is 8.10. The van der Waals surface area contributed by atoms with Crippen LogP contribution in [0.2, 0.25) is 5.02 Å². The van der Waals surface area contributed by atoms with Gasteiger partial charge in [-0.1, -0.05) is 53.3 Å². The summed E-state index contributed by atoms with van der Waals surface area (Å²) >= 11 is 7.72. The van der Waals surface area contributed by atoms with Gasteiger partial charge in [-0.25, -0.2) is 4.98 Å². The van der Waals surface area contributed by atoms with Gasteiger partial charge >= 0.3 is 0 Å². The number of aryl methyl sites for hydroxylation is 1. The van der Waals surface area contributed by atoms with E-state index in [1.54, 1.807) is 17.3 Å². The van der Waals surface area contributed by atoms with Crippen molar-refractivity contribution in [2.45, 2.75) is 13.5 Å². The third-order valence-electron chi connectivity index (χ3n) is 5.20. The van der Waals surface area contributed by atoms with Crippen LogP contribution in [0, 0.1) is 6.92 Å². The van der Waals surface area contributed by atoms with Crippen molar-refractivity contribution < 1.29 is 4.79 Å². The highest BCUT2D eigenvalue weighted by Crippen LogP contribution is 2.34. The Morgan fingerprint density at radius 2 is 1.77 bits per heavy atom. The minimum Gasteiger partial charge on any atom is -0.279 e. The summed E-state index contributed by atoms with van der Waals surface area (Å²) < 4.78 is 0.964. The Balaban J connectivity index is 1.61. The standard InChI is InChI=1S/C25H18ClN3OS/c1-16-12-21(26)14-22-23(16)28-25(31-22)29(15-17-8-10-27-11-9-17)24(30)20-7-6-18-4-2-3-5-19(18)13-20/h2-14H,15H2,1H3. The van der Waals surface area contributed by atoms with Gasteiger partial charge in [-0.2, -0.15) is 0 Å². The molecule has 6 heteroatoms. The number of rotatable bonds is 4. The molecule has 0 saturated heterocycles. The van der Waals surface area contributed by atoms with Gasteiger partial charge < -0.3 is 0 Å². The Morgan fingerprint density at radius 1 is 1.00 bits per heavy atom. The number of pyridine rings is 1. The lowest BCUT2D eigenvalue weighted by atomic mass is 10.1. The van der Waals surface area contributed by atoms with E-state index in [4.69, 9.17) is 16.6 Å². The Labute approximate surface area is 188 Å². The number of halogens is 1. The Hall–Kier alpha value is -3.28. The monoisotopic (exact) mass is 443 g/mol. The summed E-state index contributed by atoms with van der Waals surface area (Å²) in [6, 6.07) is 21.4. The van der Waals surface area contributed by atoms with Crippen molar-refractivity contribution in [3.63, 3.8) is 0 Å². The molecule has 2 aromatic heterocycles. The molecule has 3 aromatic carbocycles. The largest absolute Gasteiger partial charge is 0.279 e. The average molecular weight is 444 g/mol. The van der Waals surface area contributed by atoms with Crippen molar-refractivity contribution in [3.8, 4) is 0 Å². The van der Waals surface area contributed by atoms with Crippen LogP contribution in [0.1, 0.15) is 21.5 Å². The average Bonchev–Trinajstić information content (AvgIpc) is 3.21. The van der Waals surface area contributed by atoms with Crippen LogP contribution < -0.4 is 4.90 Å². The third kappa shape index (κ3) is 3.90. The fraction of sp³-hybridized carbons (Fsp3) is 0.0800. The van der Waals surface area contributed by atoms with Crippen molar-refractivity contribution in [1.82, 2.24) is 9.97 Å². The van der Waals surface area contributed by atoms with Gasteiger partial charge in [0.05, 0.1) is 16.8 Å². The van der Waals surface area contributed by atoms with Crippen LogP contribution in [0.4, 0.5) is 5.13 Å². The van der Waals surface area contributed by atoms with E-state index < -0.39 is 0 Å². The maximum absolute atomic E-state index is 13.7. The lowest BCUT2D eigenvalue weighted by molar-refractivity contribution is 0.0985. The summed E-state index contributed by atoms with van der Waals surface area (Å²) in [5.74, 6) is -0.0922.